The molecule has 2 aromatic carbocycles. The van der Waals surface area contributed by atoms with Crippen molar-refractivity contribution >= 4 is 46.9 Å². The lowest BCUT2D eigenvalue weighted by atomic mass is 9.43. The molecule has 9 aliphatic rings. The molecular weight excluding hydrogens is 875 g/mol. The number of nitrogens with zero attached hydrogens (tertiary/aromatic N) is 3. The van der Waals surface area contributed by atoms with E-state index in [9.17, 15) is 19.2 Å². The Bertz CT molecular complexity index is 2830. The minimum absolute atomic E-state index is 0.0242. The Morgan fingerprint density at radius 2 is 1.62 bits per heavy atom. The summed E-state index contributed by atoms with van der Waals surface area (Å²) in [7, 11) is 3.32. The number of aliphatic imine (C=N–C) groups is 1. The van der Waals surface area contributed by atoms with Crippen LogP contribution >= 0.6 is 0 Å². The number of ketones is 2. The average Bonchev–Trinajstić information content (AvgIpc) is 3.66. The van der Waals surface area contributed by atoms with Crippen LogP contribution in [-0.2, 0) is 35.1 Å². The molecule has 5 fully saturated rings. The van der Waals surface area contributed by atoms with Crippen LogP contribution in [0.3, 0.4) is 0 Å². The molecule has 1 amide bonds. The van der Waals surface area contributed by atoms with E-state index in [-0.39, 0.29) is 29.6 Å². The lowest BCUT2D eigenvalue weighted by molar-refractivity contribution is -0.183. The van der Waals surface area contributed by atoms with Crippen LogP contribution in [0.4, 0.5) is 0 Å². The van der Waals surface area contributed by atoms with E-state index in [1.54, 1.807) is 17.9 Å². The first-order valence-electron chi connectivity index (χ1n) is 24.5. The number of amides is 1. The zero-order valence-electron chi connectivity index (χ0n) is 41.5. The predicted octanol–water partition coefficient (Wildman–Crippen LogP) is 8.23. The third-order valence-electron chi connectivity index (χ3n) is 16.1. The normalized spacial score (nSPS) is 29.7. The zero-order chi connectivity index (χ0) is 49.1. The molecule has 69 heavy (non-hydrogen) atoms. The van der Waals surface area contributed by atoms with Gasteiger partial charge < -0.3 is 33.5 Å². The molecule has 4 bridgehead atoms. The molecule has 0 radical (unpaired) electrons. The number of piperazine rings is 1. The summed E-state index contributed by atoms with van der Waals surface area (Å²) in [5, 5.41) is 0. The maximum absolute atomic E-state index is 15.9. The number of hydrogen-bond acceptors (Lipinski definition) is 12. The van der Waals surface area contributed by atoms with E-state index in [1.807, 2.05) is 78.1 Å². The van der Waals surface area contributed by atoms with Crippen LogP contribution in [-0.4, -0.2) is 108 Å². The van der Waals surface area contributed by atoms with Crippen LogP contribution in [0, 0.1) is 23.7 Å². The molecule has 13 heteroatoms. The largest absolute Gasteiger partial charge is 0.482 e. The van der Waals surface area contributed by atoms with Crippen molar-refractivity contribution in [2.45, 2.75) is 116 Å². The first-order valence-corrected chi connectivity index (χ1v) is 24.5. The van der Waals surface area contributed by atoms with Crippen molar-refractivity contribution in [1.29, 1.82) is 0 Å². The molecule has 362 valence electrons. The van der Waals surface area contributed by atoms with Crippen molar-refractivity contribution in [2.24, 2.45) is 28.7 Å². The minimum atomic E-state index is -1.68. The summed E-state index contributed by atoms with van der Waals surface area (Å²) in [6.07, 6.45) is 11.5. The van der Waals surface area contributed by atoms with Crippen LogP contribution in [0.25, 0.3) is 11.8 Å². The van der Waals surface area contributed by atoms with Crippen LogP contribution in [0.5, 0.6) is 17.2 Å². The number of esters is 2. The van der Waals surface area contributed by atoms with E-state index in [1.165, 1.54) is 12.7 Å². The number of Topliss-reactive ketones (excluding diaryl/α,β-unsaturated/α-hetero) is 2. The SMILES string of the molecule is COC(=O)/C(C)=C\CC12OC(C)(C)C3CC(C1=O)C1C4=C(N=C5c6ccccc6C(=O)C51)c1c(OC(=O)CC(=O)N5CCN(C)CC5)c5c(c(CC=C(C)C)c1OC432)OC(C)(CCC=C(C)C)C=C5. The molecule has 11 rings (SSSR count). The Balaban J connectivity index is 1.27. The van der Waals surface area contributed by atoms with Gasteiger partial charge in [0.2, 0.25) is 5.91 Å². The van der Waals surface area contributed by atoms with Gasteiger partial charge >= 0.3 is 11.9 Å². The van der Waals surface area contributed by atoms with Gasteiger partial charge in [0.15, 0.2) is 28.5 Å². The molecule has 4 aliphatic carbocycles. The fourth-order valence-corrected chi connectivity index (χ4v) is 12.7. The van der Waals surface area contributed by atoms with Gasteiger partial charge in [0.25, 0.3) is 0 Å². The quantitative estimate of drug-likeness (QED) is 0.0705. The van der Waals surface area contributed by atoms with Gasteiger partial charge in [0.05, 0.1) is 41.2 Å². The fourth-order valence-electron chi connectivity index (χ4n) is 12.7. The second-order valence-corrected chi connectivity index (χ2v) is 21.5. The van der Waals surface area contributed by atoms with Gasteiger partial charge in [0, 0.05) is 78.2 Å². The molecule has 2 saturated heterocycles. The minimum Gasteiger partial charge on any atom is -0.482 e. The highest BCUT2D eigenvalue weighted by molar-refractivity contribution is 6.31. The van der Waals surface area contributed by atoms with Crippen LogP contribution in [0.1, 0.15) is 120 Å². The third kappa shape index (κ3) is 7.07. The van der Waals surface area contributed by atoms with E-state index < -0.39 is 64.4 Å². The number of ether oxygens (including phenoxy) is 5. The topological polar surface area (TPSA) is 150 Å². The number of methoxy groups -OCH3 is 1. The molecule has 1 spiro atoms. The second-order valence-electron chi connectivity index (χ2n) is 21.5. The van der Waals surface area contributed by atoms with Gasteiger partial charge in [-0.05, 0) is 100 Å². The van der Waals surface area contributed by atoms with Crippen molar-refractivity contribution < 1.29 is 47.7 Å². The number of benzene rings is 2. The second kappa shape index (κ2) is 16.6. The molecular formula is C56H63N3O10. The van der Waals surface area contributed by atoms with Crippen molar-refractivity contribution in [2.75, 3.05) is 40.3 Å². The number of likely N-dealkylation sites (N-methyl/N-ethyl adjacent to an activating group) is 1. The fraction of sp³-hybridized carbons (Fsp3) is 0.500. The number of carbonyl (C=O) groups is 5. The highest BCUT2D eigenvalue weighted by Crippen LogP contribution is 2.74. The third-order valence-corrected chi connectivity index (χ3v) is 16.1. The molecule has 2 aromatic rings. The van der Waals surface area contributed by atoms with Crippen molar-refractivity contribution in [3.63, 3.8) is 0 Å². The van der Waals surface area contributed by atoms with E-state index in [0.717, 1.165) is 12.0 Å². The first kappa shape index (κ1) is 46.8. The average molecular weight is 938 g/mol. The monoisotopic (exact) mass is 937 g/mol. The zero-order valence-corrected chi connectivity index (χ0v) is 41.5. The lowest BCUT2D eigenvalue weighted by Crippen LogP contribution is -2.75. The van der Waals surface area contributed by atoms with E-state index in [0.29, 0.717) is 107 Å². The smallest absolute Gasteiger partial charge is 0.333 e. The van der Waals surface area contributed by atoms with Crippen molar-refractivity contribution in [3.05, 3.63) is 98.7 Å². The van der Waals surface area contributed by atoms with E-state index in [4.69, 9.17) is 28.7 Å². The molecule has 7 unspecified atom stereocenters. The molecule has 0 N–H and O–H groups in total. The van der Waals surface area contributed by atoms with Gasteiger partial charge in [-0.15, -0.1) is 0 Å². The van der Waals surface area contributed by atoms with Gasteiger partial charge in [-0.25, -0.2) is 4.79 Å². The summed E-state index contributed by atoms with van der Waals surface area (Å²) in [4.78, 5) is 81.5. The molecule has 5 heterocycles. The number of rotatable bonds is 11. The summed E-state index contributed by atoms with van der Waals surface area (Å²) >= 11 is 0. The Kier molecular flexibility index (Phi) is 11.3. The number of carbonyl (C=O) groups excluding carboxylic acids is 5. The molecule has 0 aromatic heterocycles. The van der Waals surface area contributed by atoms with Gasteiger partial charge in [-0.2, -0.15) is 0 Å². The molecule has 7 atom stereocenters. The maximum Gasteiger partial charge on any atom is 0.333 e. The van der Waals surface area contributed by atoms with Crippen LogP contribution in [0.2, 0.25) is 0 Å². The van der Waals surface area contributed by atoms with E-state index >= 15 is 4.79 Å². The summed E-state index contributed by atoms with van der Waals surface area (Å²) in [5.74, 6) is -3.58. The van der Waals surface area contributed by atoms with Crippen LogP contribution < -0.4 is 14.2 Å². The number of fused-ring (bicyclic) bond motifs is 6. The summed E-state index contributed by atoms with van der Waals surface area (Å²) in [5.41, 5.74) is 2.04. The number of hydrogen-bond donors (Lipinski definition) is 0. The first-order chi connectivity index (χ1) is 32.8. The highest BCUT2D eigenvalue weighted by atomic mass is 16.6. The standard InChI is InChI=1S/C56H63N3O10/c1-30(2)14-13-21-54(8)22-20-36-48(67-54)35(18-17-31(3)4)50-43(49(36)66-40(61)29-39(60)59-26-24-58(9)25-27-59)46-44-41(42-45(57-46)33-15-11-12-16-34(33)47(42)62)37-28-38-53(6,7)69-55(51(37)63,56(38,44)68-50)23-19-32(5)52(64)65-10/h11-12,14-17,19-20,22,37-38,41-42H,13,18,21,23-29H2,1-10H3/b32-19-. The highest BCUT2D eigenvalue weighted by Gasteiger charge is 2.84. The molecule has 5 aliphatic heterocycles. The Hall–Kier alpha value is -5.92. The Morgan fingerprint density at radius 3 is 2.32 bits per heavy atom. The van der Waals surface area contributed by atoms with Crippen molar-refractivity contribution in [1.82, 2.24) is 9.80 Å². The van der Waals surface area contributed by atoms with Gasteiger partial charge in [-0.1, -0.05) is 53.6 Å². The number of allylic oxidation sites excluding steroid dienone is 4. The summed E-state index contributed by atoms with van der Waals surface area (Å²) in [6.45, 7) is 18.2. The maximum atomic E-state index is 15.9. The predicted molar refractivity (Wildman–Crippen MR) is 260 cm³/mol. The Morgan fingerprint density at radius 1 is 0.913 bits per heavy atom. The summed E-state index contributed by atoms with van der Waals surface area (Å²) in [6, 6.07) is 7.44. The molecule has 3 saturated carbocycles. The Labute approximate surface area is 404 Å². The van der Waals surface area contributed by atoms with Crippen molar-refractivity contribution in [3.8, 4) is 17.2 Å². The lowest BCUT2D eigenvalue weighted by Gasteiger charge is -2.62. The van der Waals surface area contributed by atoms with Crippen LogP contribution in [0.15, 0.2) is 75.9 Å². The summed E-state index contributed by atoms with van der Waals surface area (Å²) < 4.78 is 34.1. The van der Waals surface area contributed by atoms with E-state index in [2.05, 4.69) is 30.9 Å². The van der Waals surface area contributed by atoms with Gasteiger partial charge in [0.1, 0.15) is 23.5 Å². The van der Waals surface area contributed by atoms with Gasteiger partial charge in [-0.3, -0.25) is 24.2 Å². The molecule has 13 nitrogen and oxygen atoms in total.